The van der Waals surface area contributed by atoms with Gasteiger partial charge in [0.2, 0.25) is 0 Å². The van der Waals surface area contributed by atoms with Gasteiger partial charge >= 0.3 is 52.4 Å². The zero-order valence-corrected chi connectivity index (χ0v) is 29.0. The Labute approximate surface area is 279 Å². The van der Waals surface area contributed by atoms with E-state index in [1.54, 1.807) is 0 Å². The van der Waals surface area contributed by atoms with Crippen molar-refractivity contribution in [1.29, 1.82) is 0 Å². The molecule has 0 fully saturated rings. The maximum absolute atomic E-state index is 5.40. The molecule has 0 radical (unpaired) electrons. The van der Waals surface area contributed by atoms with Crippen LogP contribution < -0.4 is 49.6 Å². The number of rotatable bonds is 1. The summed E-state index contributed by atoms with van der Waals surface area (Å²) in [5.41, 5.74) is 4.94. The second kappa shape index (κ2) is 20.6. The number of fused-ring (bicyclic) bond motifs is 3. The summed E-state index contributed by atoms with van der Waals surface area (Å²) in [6.07, 6.45) is 6.47. The van der Waals surface area contributed by atoms with E-state index in [1.807, 2.05) is 0 Å². The standard InChI is InChI=1S/C10H12OSi.2C9H7.4ClH.2Zr/c1-12(2)7-8-5-9-3-4-11-10(9)6-8;2*1-2-5-9-7-3-6-8(9)4-1;;;;;;/h3,5-7H,4H2,1-2H3;2*1-7H;4*1H;;/q;2*-1;;;;;2*+4/p-4. The Morgan fingerprint density at radius 3 is 1.67 bits per heavy atom. The predicted molar refractivity (Wildman–Crippen MR) is 133 cm³/mol. The molecule has 1 heterocycles. The van der Waals surface area contributed by atoms with Crippen LogP contribution in [-0.2, 0) is 57.1 Å². The van der Waals surface area contributed by atoms with Crippen LogP contribution in [0.2, 0.25) is 13.1 Å². The Kier molecular flexibility index (Phi) is 23.0. The van der Waals surface area contributed by atoms with Gasteiger partial charge in [0.15, 0.2) is 0 Å². The Bertz CT molecular complexity index is 1160. The van der Waals surface area contributed by atoms with Gasteiger partial charge in [-0.25, -0.2) is 0 Å². The summed E-state index contributed by atoms with van der Waals surface area (Å²) in [6, 6.07) is 29.3. The molecule has 8 heteroatoms. The van der Waals surface area contributed by atoms with Crippen LogP contribution in [0.1, 0.15) is 0 Å². The number of hydrogen-bond donors (Lipinski definition) is 0. The van der Waals surface area contributed by atoms with E-state index in [1.165, 1.54) is 32.7 Å². The Hall–Kier alpha value is -0.307. The molecular weight excluding hydrogens is 705 g/mol. The van der Waals surface area contributed by atoms with Crippen LogP contribution in [0.25, 0.3) is 21.5 Å². The first-order valence-corrected chi connectivity index (χ1v) is 12.9. The van der Waals surface area contributed by atoms with Crippen molar-refractivity contribution in [2.24, 2.45) is 0 Å². The van der Waals surface area contributed by atoms with E-state index >= 15 is 0 Å². The van der Waals surface area contributed by atoms with Crippen LogP contribution >= 0.6 is 0 Å². The Morgan fingerprint density at radius 2 is 1.22 bits per heavy atom. The molecule has 0 atom stereocenters. The molecule has 6 rings (SSSR count). The topological polar surface area (TPSA) is 9.23 Å². The molecule has 4 aromatic rings. The van der Waals surface area contributed by atoms with Crippen LogP contribution in [0.15, 0.2) is 120 Å². The molecule has 0 N–H and O–H groups in total. The largest absolute Gasteiger partial charge is 4.00 e. The van der Waals surface area contributed by atoms with Crippen molar-refractivity contribution in [3.63, 3.8) is 0 Å². The maximum atomic E-state index is 5.40. The third kappa shape index (κ3) is 11.6. The summed E-state index contributed by atoms with van der Waals surface area (Å²) < 4.78 is 5.40. The van der Waals surface area contributed by atoms with Crippen molar-refractivity contribution in [1.82, 2.24) is 0 Å². The smallest absolute Gasteiger partial charge is 1.00 e. The van der Waals surface area contributed by atoms with Gasteiger partial charge in [-0.05, 0) is 23.8 Å². The quantitative estimate of drug-likeness (QED) is 0.141. The first-order valence-electron chi connectivity index (χ1n) is 10.3. The van der Waals surface area contributed by atoms with Gasteiger partial charge in [-0.2, -0.15) is 35.0 Å². The zero-order valence-electron chi connectivity index (χ0n) is 20.0. The van der Waals surface area contributed by atoms with Gasteiger partial charge < -0.3 is 54.4 Å². The van der Waals surface area contributed by atoms with E-state index in [9.17, 15) is 0 Å². The molecule has 0 amide bonds. The molecule has 1 nitrogen and oxygen atoms in total. The van der Waals surface area contributed by atoms with Crippen LogP contribution in [0.4, 0.5) is 0 Å². The van der Waals surface area contributed by atoms with Crippen molar-refractivity contribution in [3.8, 4) is 0 Å². The average Bonchev–Trinajstić information content (AvgIpc) is 3.51. The summed E-state index contributed by atoms with van der Waals surface area (Å²) in [4.78, 5) is 0. The first kappa shape index (κ1) is 40.2. The molecule has 4 aromatic carbocycles. The normalized spacial score (nSPS) is 11.4. The molecule has 0 saturated carbocycles. The SMILES string of the molecule is C[Si](C)=CC1=CC2=CCOC2=C1.[Cl-].[Cl-].[Cl-].[Cl-].[Zr+4].[Zr+4].c1ccc2[cH-]ccc2c1.c1ccc2[cH-]ccc2c1. The summed E-state index contributed by atoms with van der Waals surface area (Å²) in [5.74, 6) is 1.06. The zero-order chi connectivity index (χ0) is 20.8. The number of allylic oxidation sites excluding steroid dienone is 3. The van der Waals surface area contributed by atoms with Gasteiger partial charge in [-0.1, -0.05) is 30.9 Å². The molecule has 0 spiro atoms. The van der Waals surface area contributed by atoms with Crippen LogP contribution in [0.5, 0.6) is 0 Å². The molecule has 36 heavy (non-hydrogen) atoms. The van der Waals surface area contributed by atoms with Gasteiger partial charge in [0.25, 0.3) is 0 Å². The van der Waals surface area contributed by atoms with Crippen molar-refractivity contribution in [2.45, 2.75) is 13.1 Å². The van der Waals surface area contributed by atoms with Gasteiger partial charge in [0.1, 0.15) is 12.4 Å². The molecular formula is C28H26Cl4OSiZr2+2. The molecule has 0 aromatic heterocycles. The molecule has 1 aliphatic heterocycles. The summed E-state index contributed by atoms with van der Waals surface area (Å²) in [6.45, 7) is 5.32. The molecule has 2 aliphatic rings. The van der Waals surface area contributed by atoms with Crippen molar-refractivity contribution in [2.75, 3.05) is 6.61 Å². The Balaban J connectivity index is -0.000000423. The van der Waals surface area contributed by atoms with Gasteiger partial charge in [0, 0.05) is 14.0 Å². The molecule has 0 bridgehead atoms. The minimum absolute atomic E-state index is 0. The van der Waals surface area contributed by atoms with E-state index < -0.39 is 0 Å². The van der Waals surface area contributed by atoms with E-state index in [4.69, 9.17) is 4.74 Å². The molecule has 0 unspecified atom stereocenters. The van der Waals surface area contributed by atoms with Crippen molar-refractivity contribution >= 4 is 35.6 Å². The Morgan fingerprint density at radius 1 is 0.722 bits per heavy atom. The van der Waals surface area contributed by atoms with Crippen molar-refractivity contribution in [3.05, 3.63) is 120 Å². The summed E-state index contributed by atoms with van der Waals surface area (Å²) in [5, 5.41) is 5.32. The number of halogens is 4. The van der Waals surface area contributed by atoms with Gasteiger partial charge in [-0.3, -0.25) is 0 Å². The van der Waals surface area contributed by atoms with Crippen molar-refractivity contribution < 1.29 is 107 Å². The minimum atomic E-state index is -0.269. The minimum Gasteiger partial charge on any atom is -1.00 e. The van der Waals surface area contributed by atoms with E-state index in [-0.39, 0.29) is 110 Å². The maximum Gasteiger partial charge on any atom is 4.00 e. The van der Waals surface area contributed by atoms with Gasteiger partial charge in [-0.15, -0.1) is 59.3 Å². The van der Waals surface area contributed by atoms with Gasteiger partial charge in [0.05, 0.1) is 0 Å². The fourth-order valence-corrected chi connectivity index (χ4v) is 4.42. The molecule has 0 saturated heterocycles. The third-order valence-corrected chi connectivity index (χ3v) is 5.91. The number of benzene rings is 2. The van der Waals surface area contributed by atoms with Crippen LogP contribution in [0, 0.1) is 0 Å². The average molecular weight is 731 g/mol. The fraction of sp³-hybridized carbons (Fsp3) is 0.107. The second-order valence-electron chi connectivity index (χ2n) is 7.65. The monoisotopic (exact) mass is 726 g/mol. The second-order valence-corrected chi connectivity index (χ2v) is 10.1. The first-order chi connectivity index (χ1) is 14.7. The van der Waals surface area contributed by atoms with E-state index in [0.717, 1.165) is 12.4 Å². The number of hydrogen-bond acceptors (Lipinski definition) is 1. The van der Waals surface area contributed by atoms with Crippen LogP contribution in [-0.4, -0.2) is 20.7 Å². The molecule has 1 aliphatic carbocycles. The number of ether oxygens (including phenoxy) is 1. The summed E-state index contributed by atoms with van der Waals surface area (Å²) in [7, 11) is -0.269. The summed E-state index contributed by atoms with van der Waals surface area (Å²) >= 11 is 0. The third-order valence-electron chi connectivity index (χ3n) is 5.00. The fourth-order valence-electron chi connectivity index (χ4n) is 3.59. The van der Waals surface area contributed by atoms with E-state index in [0.29, 0.717) is 0 Å². The van der Waals surface area contributed by atoms with E-state index in [2.05, 4.69) is 122 Å². The van der Waals surface area contributed by atoms with Crippen LogP contribution in [0.3, 0.4) is 0 Å². The predicted octanol–water partition coefficient (Wildman–Crippen LogP) is -4.97. The molecule has 182 valence electrons.